The second-order valence-electron chi connectivity index (χ2n) is 4.79. The molecule has 1 atom stereocenters. The smallest absolute Gasteiger partial charge is 0.251 e. The van der Waals surface area contributed by atoms with Crippen LogP contribution in [0.25, 0.3) is 0 Å². The Balaban J connectivity index is 1.99. The monoisotopic (exact) mass is 289 g/mol. The Morgan fingerprint density at radius 2 is 2.10 bits per heavy atom. The van der Waals surface area contributed by atoms with E-state index in [1.54, 1.807) is 18.4 Å². The summed E-state index contributed by atoms with van der Waals surface area (Å²) < 4.78 is 5.42. The molecule has 2 rings (SSSR count). The molecule has 1 aromatic carbocycles. The van der Waals surface area contributed by atoms with Crippen LogP contribution in [0, 0.1) is 13.8 Å². The third-order valence-electron chi connectivity index (χ3n) is 3.42. The quantitative estimate of drug-likeness (QED) is 0.915. The highest BCUT2D eigenvalue weighted by atomic mass is 32.1. The van der Waals surface area contributed by atoms with E-state index in [0.717, 1.165) is 11.1 Å². The Morgan fingerprint density at radius 1 is 1.30 bits per heavy atom. The molecule has 3 nitrogen and oxygen atoms in total. The van der Waals surface area contributed by atoms with E-state index >= 15 is 0 Å². The molecule has 0 radical (unpaired) electrons. The lowest BCUT2D eigenvalue weighted by molar-refractivity contribution is 0.0829. The van der Waals surface area contributed by atoms with Crippen LogP contribution in [0.15, 0.2) is 35.0 Å². The zero-order valence-electron chi connectivity index (χ0n) is 12.0. The lowest BCUT2D eigenvalue weighted by Gasteiger charge is -2.15. The number of hydrogen-bond donors (Lipinski definition) is 1. The van der Waals surface area contributed by atoms with Crippen LogP contribution < -0.4 is 5.32 Å². The fraction of sp³-hybridized carbons (Fsp3) is 0.312. The van der Waals surface area contributed by atoms with Crippen molar-refractivity contribution in [2.24, 2.45) is 0 Å². The van der Waals surface area contributed by atoms with Crippen molar-refractivity contribution >= 4 is 17.2 Å². The summed E-state index contributed by atoms with van der Waals surface area (Å²) in [6.45, 7) is 4.52. The molecule has 0 saturated carbocycles. The maximum Gasteiger partial charge on any atom is 0.251 e. The molecule has 106 valence electrons. The van der Waals surface area contributed by atoms with Gasteiger partial charge >= 0.3 is 0 Å². The van der Waals surface area contributed by atoms with Gasteiger partial charge in [0.1, 0.15) is 6.10 Å². The van der Waals surface area contributed by atoms with Crippen LogP contribution in [-0.2, 0) is 4.74 Å². The Morgan fingerprint density at radius 3 is 2.70 bits per heavy atom. The number of aryl methyl sites for hydroxylation is 2. The molecule has 0 spiro atoms. The Kier molecular flexibility index (Phi) is 4.93. The van der Waals surface area contributed by atoms with Crippen LogP contribution in [-0.4, -0.2) is 19.6 Å². The first kappa shape index (κ1) is 14.8. The number of carbonyl (C=O) groups excluding carboxylic acids is 1. The van der Waals surface area contributed by atoms with Crippen molar-refractivity contribution in [1.29, 1.82) is 0 Å². The van der Waals surface area contributed by atoms with Gasteiger partial charge in [-0.1, -0.05) is 6.07 Å². The highest BCUT2D eigenvalue weighted by Crippen LogP contribution is 2.18. The van der Waals surface area contributed by atoms with E-state index in [1.807, 2.05) is 48.9 Å². The zero-order valence-corrected chi connectivity index (χ0v) is 12.8. The lowest BCUT2D eigenvalue weighted by atomic mass is 10.1. The van der Waals surface area contributed by atoms with E-state index in [9.17, 15) is 4.79 Å². The normalized spacial score (nSPS) is 12.2. The number of benzene rings is 1. The van der Waals surface area contributed by atoms with Gasteiger partial charge < -0.3 is 10.1 Å². The zero-order chi connectivity index (χ0) is 14.5. The Labute approximate surface area is 123 Å². The van der Waals surface area contributed by atoms with Gasteiger partial charge in [-0.15, -0.1) is 0 Å². The first-order valence-corrected chi connectivity index (χ1v) is 7.46. The van der Waals surface area contributed by atoms with Gasteiger partial charge in [0.2, 0.25) is 0 Å². The number of hydrogen-bond acceptors (Lipinski definition) is 3. The standard InChI is InChI=1S/C16H19NO2S/c1-11-4-5-13(8-12(11)2)16(18)17-9-15(19-3)14-6-7-20-10-14/h4-8,10,15H,9H2,1-3H3,(H,17,18). The summed E-state index contributed by atoms with van der Waals surface area (Å²) in [5.41, 5.74) is 4.10. The van der Waals surface area contributed by atoms with Crippen molar-refractivity contribution in [2.45, 2.75) is 20.0 Å². The fourth-order valence-corrected chi connectivity index (χ4v) is 2.67. The number of nitrogens with one attached hydrogen (secondary N) is 1. The number of amides is 1. The third kappa shape index (κ3) is 3.46. The minimum atomic E-state index is -0.100. The second kappa shape index (κ2) is 6.68. The largest absolute Gasteiger partial charge is 0.375 e. The number of ether oxygens (including phenoxy) is 1. The van der Waals surface area contributed by atoms with Crippen LogP contribution in [0.4, 0.5) is 0 Å². The topological polar surface area (TPSA) is 38.3 Å². The molecule has 1 heterocycles. The van der Waals surface area contributed by atoms with E-state index < -0.39 is 0 Å². The second-order valence-corrected chi connectivity index (χ2v) is 5.57. The molecule has 0 aliphatic carbocycles. The van der Waals surface area contributed by atoms with Gasteiger partial charge in [-0.3, -0.25) is 4.79 Å². The predicted molar refractivity (Wildman–Crippen MR) is 82.3 cm³/mol. The molecule has 1 amide bonds. The molecule has 1 aromatic heterocycles. The van der Waals surface area contributed by atoms with E-state index in [-0.39, 0.29) is 12.0 Å². The Hall–Kier alpha value is -1.65. The molecule has 1 N–H and O–H groups in total. The van der Waals surface area contributed by atoms with Crippen LogP contribution in [0.5, 0.6) is 0 Å². The summed E-state index contributed by atoms with van der Waals surface area (Å²) in [5.74, 6) is -0.0645. The first-order chi connectivity index (χ1) is 9.61. The third-order valence-corrected chi connectivity index (χ3v) is 4.12. The average Bonchev–Trinajstić information content (AvgIpc) is 2.96. The molecule has 0 fully saturated rings. The van der Waals surface area contributed by atoms with Crippen molar-refractivity contribution < 1.29 is 9.53 Å². The predicted octanol–water partition coefficient (Wildman–Crippen LogP) is 3.48. The van der Waals surface area contributed by atoms with E-state index in [2.05, 4.69) is 5.32 Å². The summed E-state index contributed by atoms with van der Waals surface area (Å²) in [6, 6.07) is 7.75. The van der Waals surface area contributed by atoms with Crippen molar-refractivity contribution in [1.82, 2.24) is 5.32 Å². The maximum atomic E-state index is 12.1. The fourth-order valence-electron chi connectivity index (χ4n) is 1.97. The van der Waals surface area contributed by atoms with Gasteiger partial charge in [0, 0.05) is 19.2 Å². The van der Waals surface area contributed by atoms with Crippen molar-refractivity contribution in [2.75, 3.05) is 13.7 Å². The molecule has 20 heavy (non-hydrogen) atoms. The first-order valence-electron chi connectivity index (χ1n) is 6.52. The van der Waals surface area contributed by atoms with E-state index in [1.165, 1.54) is 5.56 Å². The minimum absolute atomic E-state index is 0.0645. The van der Waals surface area contributed by atoms with Crippen LogP contribution in [0.2, 0.25) is 0 Å². The molecule has 4 heteroatoms. The van der Waals surface area contributed by atoms with Gasteiger partial charge in [-0.25, -0.2) is 0 Å². The van der Waals surface area contributed by atoms with Gasteiger partial charge in [0.05, 0.1) is 0 Å². The summed E-state index contributed by atoms with van der Waals surface area (Å²) in [6.07, 6.45) is -0.100. The molecule has 0 bridgehead atoms. The number of carbonyl (C=O) groups is 1. The van der Waals surface area contributed by atoms with Gasteiger partial charge in [0.25, 0.3) is 5.91 Å². The van der Waals surface area contributed by atoms with E-state index in [0.29, 0.717) is 12.1 Å². The summed E-state index contributed by atoms with van der Waals surface area (Å²) in [5, 5.41) is 6.97. The summed E-state index contributed by atoms with van der Waals surface area (Å²) >= 11 is 1.62. The highest BCUT2D eigenvalue weighted by molar-refractivity contribution is 7.07. The molecular weight excluding hydrogens is 270 g/mol. The highest BCUT2D eigenvalue weighted by Gasteiger charge is 2.13. The van der Waals surface area contributed by atoms with Crippen LogP contribution in [0.3, 0.4) is 0 Å². The number of thiophene rings is 1. The molecule has 0 aliphatic rings. The van der Waals surface area contributed by atoms with Gasteiger partial charge in [-0.2, -0.15) is 11.3 Å². The summed E-state index contributed by atoms with van der Waals surface area (Å²) in [7, 11) is 1.66. The average molecular weight is 289 g/mol. The van der Waals surface area contributed by atoms with Gasteiger partial charge in [-0.05, 0) is 59.5 Å². The number of rotatable bonds is 5. The molecule has 0 aliphatic heterocycles. The van der Waals surface area contributed by atoms with Crippen LogP contribution in [0.1, 0.15) is 33.2 Å². The number of methoxy groups -OCH3 is 1. The molecule has 2 aromatic rings. The van der Waals surface area contributed by atoms with Crippen molar-refractivity contribution in [3.63, 3.8) is 0 Å². The summed E-state index contributed by atoms with van der Waals surface area (Å²) in [4.78, 5) is 12.1. The van der Waals surface area contributed by atoms with Crippen LogP contribution >= 0.6 is 11.3 Å². The maximum absolute atomic E-state index is 12.1. The molecule has 1 unspecified atom stereocenters. The van der Waals surface area contributed by atoms with E-state index in [4.69, 9.17) is 4.74 Å². The lowest BCUT2D eigenvalue weighted by Crippen LogP contribution is -2.29. The minimum Gasteiger partial charge on any atom is -0.375 e. The van der Waals surface area contributed by atoms with Crippen molar-refractivity contribution in [3.8, 4) is 0 Å². The molecule has 0 saturated heterocycles. The Bertz CT molecular complexity index is 578. The van der Waals surface area contributed by atoms with Crippen molar-refractivity contribution in [3.05, 3.63) is 57.3 Å². The van der Waals surface area contributed by atoms with Gasteiger partial charge in [0.15, 0.2) is 0 Å². The molecular formula is C16H19NO2S. The SMILES string of the molecule is COC(CNC(=O)c1ccc(C)c(C)c1)c1ccsc1.